The molecular formula is C29H28F3N5O4. The van der Waals surface area contributed by atoms with E-state index in [-0.39, 0.29) is 30.3 Å². The average Bonchev–Trinajstić information content (AvgIpc) is 3.17. The molecule has 2 aromatic heterocycles. The molecule has 1 fully saturated rings. The van der Waals surface area contributed by atoms with Gasteiger partial charge in [-0.2, -0.15) is 18.3 Å². The average molecular weight is 568 g/mol. The number of amides is 2. The van der Waals surface area contributed by atoms with Gasteiger partial charge in [-0.1, -0.05) is 19.1 Å². The van der Waals surface area contributed by atoms with E-state index in [9.17, 15) is 33.0 Å². The fourth-order valence-electron chi connectivity index (χ4n) is 6.06. The van der Waals surface area contributed by atoms with Gasteiger partial charge in [0, 0.05) is 50.3 Å². The van der Waals surface area contributed by atoms with Crippen molar-refractivity contribution in [1.29, 1.82) is 0 Å². The molecule has 3 aromatic rings. The lowest BCUT2D eigenvalue weighted by atomic mass is 9.79. The van der Waals surface area contributed by atoms with Crippen LogP contribution in [0, 0.1) is 0 Å². The Morgan fingerprint density at radius 3 is 2.49 bits per heavy atom. The number of aromatic nitrogens is 3. The summed E-state index contributed by atoms with van der Waals surface area (Å²) in [6.07, 6.45) is 1.17. The zero-order valence-corrected chi connectivity index (χ0v) is 22.1. The zero-order valence-electron chi connectivity index (χ0n) is 22.1. The molecule has 2 N–H and O–H groups in total. The summed E-state index contributed by atoms with van der Waals surface area (Å²) in [5.74, 6) is -1.50. The lowest BCUT2D eigenvalue weighted by Gasteiger charge is -2.37. The number of pyridine rings is 1. The van der Waals surface area contributed by atoms with Crippen LogP contribution in [0.5, 0.6) is 11.5 Å². The Bertz CT molecular complexity index is 1560. The maximum Gasteiger partial charge on any atom is 0.437 e. The van der Waals surface area contributed by atoms with Crippen molar-refractivity contribution in [2.24, 2.45) is 0 Å². The van der Waals surface area contributed by atoms with Crippen LogP contribution in [0.2, 0.25) is 0 Å². The largest absolute Gasteiger partial charge is 0.508 e. The lowest BCUT2D eigenvalue weighted by molar-refractivity contribution is -0.142. The molecule has 0 radical (unpaired) electrons. The molecule has 2 aliphatic heterocycles. The number of aromatic hydroxyl groups is 2. The molecule has 1 saturated carbocycles. The molecule has 9 nitrogen and oxygen atoms in total. The monoisotopic (exact) mass is 567 g/mol. The first-order valence-corrected chi connectivity index (χ1v) is 13.5. The summed E-state index contributed by atoms with van der Waals surface area (Å²) in [4.78, 5) is 32.6. The first kappa shape index (κ1) is 26.9. The van der Waals surface area contributed by atoms with E-state index in [2.05, 4.69) is 11.6 Å². The predicted molar refractivity (Wildman–Crippen MR) is 141 cm³/mol. The van der Waals surface area contributed by atoms with Gasteiger partial charge in [0.15, 0.2) is 5.69 Å². The van der Waals surface area contributed by atoms with E-state index in [1.54, 1.807) is 15.6 Å². The van der Waals surface area contributed by atoms with Crippen molar-refractivity contribution in [2.45, 2.75) is 50.2 Å². The van der Waals surface area contributed by atoms with Crippen molar-refractivity contribution in [3.05, 3.63) is 76.9 Å². The normalized spacial score (nSPS) is 18.9. The molecule has 41 heavy (non-hydrogen) atoms. The summed E-state index contributed by atoms with van der Waals surface area (Å²) in [6, 6.07) is 5.68. The molecule has 0 saturated heterocycles. The third kappa shape index (κ3) is 4.60. The zero-order chi connectivity index (χ0) is 29.1. The van der Waals surface area contributed by atoms with Crippen LogP contribution in [0.1, 0.15) is 69.8 Å². The Kier molecular flexibility index (Phi) is 6.50. The molecule has 3 aliphatic rings. The number of hydrogen-bond donors (Lipinski definition) is 2. The van der Waals surface area contributed by atoms with E-state index >= 15 is 0 Å². The predicted octanol–water partition coefficient (Wildman–Crippen LogP) is 4.28. The van der Waals surface area contributed by atoms with E-state index < -0.39 is 29.6 Å². The van der Waals surface area contributed by atoms with Gasteiger partial charge in [0.1, 0.15) is 11.5 Å². The van der Waals surface area contributed by atoms with Crippen LogP contribution in [0.3, 0.4) is 0 Å². The van der Waals surface area contributed by atoms with Crippen molar-refractivity contribution in [2.75, 3.05) is 19.6 Å². The Morgan fingerprint density at radius 2 is 1.85 bits per heavy atom. The number of phenolic OH excluding ortho intramolecular Hbond substituents is 1. The van der Waals surface area contributed by atoms with Gasteiger partial charge in [-0.25, -0.2) is 9.67 Å². The fraction of sp³-hybridized carbons (Fsp3) is 0.379. The summed E-state index contributed by atoms with van der Waals surface area (Å²) >= 11 is 0. The number of nitrogens with zero attached hydrogens (tertiary/aromatic N) is 5. The van der Waals surface area contributed by atoms with Gasteiger partial charge in [0.2, 0.25) is 5.91 Å². The minimum atomic E-state index is -4.87. The maximum absolute atomic E-state index is 13.7. The number of halogens is 3. The van der Waals surface area contributed by atoms with Gasteiger partial charge in [-0.3, -0.25) is 9.59 Å². The minimum Gasteiger partial charge on any atom is -0.508 e. The molecule has 2 amide bonds. The number of benzene rings is 1. The van der Waals surface area contributed by atoms with Gasteiger partial charge in [0.25, 0.3) is 5.91 Å². The number of phenols is 1. The highest BCUT2D eigenvalue weighted by atomic mass is 19.4. The first-order chi connectivity index (χ1) is 19.6. The summed E-state index contributed by atoms with van der Waals surface area (Å²) in [7, 11) is 0. The highest BCUT2D eigenvalue weighted by Crippen LogP contribution is 2.42. The van der Waals surface area contributed by atoms with Crippen LogP contribution in [0.25, 0.3) is 5.69 Å². The number of carbonyl (C=O) groups is 2. The van der Waals surface area contributed by atoms with Crippen molar-refractivity contribution >= 4 is 11.8 Å². The van der Waals surface area contributed by atoms with Crippen LogP contribution in [0.4, 0.5) is 13.2 Å². The van der Waals surface area contributed by atoms with Gasteiger partial charge in [-0.05, 0) is 42.5 Å². The summed E-state index contributed by atoms with van der Waals surface area (Å²) < 4.78 is 41.2. The highest BCUT2D eigenvalue weighted by Gasteiger charge is 2.41. The molecule has 1 atom stereocenters. The standard InChI is InChI=1S/C29H28F3N5O4/c1-2-25(40)35-10-8-20-26-21(37(34-20)18-6-7-19(23(38)13-18)16-4-3-5-16)9-11-36(22(26)15-35)28(41)17-12-24(39)27(33-14-17)29(30,31)32/h2,6-7,12-14,16,22,38-39H,1,3-5,8-11,15H2/t22-/m0/s1. The molecule has 6 rings (SSSR count). The summed E-state index contributed by atoms with van der Waals surface area (Å²) in [5.41, 5.74) is 2.24. The molecule has 1 aromatic carbocycles. The topological polar surface area (TPSA) is 112 Å². The second-order valence-corrected chi connectivity index (χ2v) is 10.7. The van der Waals surface area contributed by atoms with Gasteiger partial charge in [-0.15, -0.1) is 0 Å². The Balaban J connectivity index is 1.39. The van der Waals surface area contributed by atoms with Crippen LogP contribution in [-0.2, 0) is 23.8 Å². The SMILES string of the molecule is C=CC(=O)N1CCc2nn(-c3ccc(C4CCC4)c(O)c3)c3c2[C@H](C1)N(C(=O)c1cnc(C(F)(F)F)c(O)c1)CC3. The number of alkyl halides is 3. The van der Waals surface area contributed by atoms with Crippen molar-refractivity contribution in [1.82, 2.24) is 24.6 Å². The van der Waals surface area contributed by atoms with Gasteiger partial charge >= 0.3 is 6.18 Å². The maximum atomic E-state index is 13.7. The number of hydrogen-bond acceptors (Lipinski definition) is 6. The van der Waals surface area contributed by atoms with Crippen molar-refractivity contribution in [3.63, 3.8) is 0 Å². The van der Waals surface area contributed by atoms with E-state index in [0.29, 0.717) is 36.7 Å². The molecular weight excluding hydrogens is 539 g/mol. The first-order valence-electron chi connectivity index (χ1n) is 13.5. The number of carbonyl (C=O) groups excluding carboxylic acids is 2. The highest BCUT2D eigenvalue weighted by molar-refractivity contribution is 5.95. The third-order valence-electron chi connectivity index (χ3n) is 8.34. The summed E-state index contributed by atoms with van der Waals surface area (Å²) in [6.45, 7) is 4.23. The smallest absolute Gasteiger partial charge is 0.437 e. The summed E-state index contributed by atoms with van der Waals surface area (Å²) in [5, 5.41) is 25.6. The van der Waals surface area contributed by atoms with Gasteiger partial charge in [0.05, 0.1) is 28.7 Å². The fourth-order valence-corrected chi connectivity index (χ4v) is 6.06. The molecule has 0 unspecified atom stereocenters. The molecule has 12 heteroatoms. The third-order valence-corrected chi connectivity index (χ3v) is 8.34. The number of rotatable bonds is 4. The Morgan fingerprint density at radius 1 is 1.07 bits per heavy atom. The Labute approximate surface area is 233 Å². The van der Waals surface area contributed by atoms with E-state index in [1.165, 1.54) is 11.0 Å². The van der Waals surface area contributed by atoms with Crippen LogP contribution in [-0.4, -0.2) is 66.2 Å². The lowest BCUT2D eigenvalue weighted by Crippen LogP contribution is -2.45. The van der Waals surface area contributed by atoms with Crippen molar-refractivity contribution in [3.8, 4) is 17.2 Å². The molecule has 0 spiro atoms. The van der Waals surface area contributed by atoms with Crippen LogP contribution in [0.15, 0.2) is 43.1 Å². The van der Waals surface area contributed by atoms with E-state index in [1.807, 2.05) is 12.1 Å². The second kappa shape index (κ2) is 9.93. The van der Waals surface area contributed by atoms with Crippen LogP contribution < -0.4 is 0 Å². The van der Waals surface area contributed by atoms with Crippen LogP contribution >= 0.6 is 0 Å². The molecule has 1 aliphatic carbocycles. The minimum absolute atomic E-state index is 0.133. The molecule has 214 valence electrons. The molecule has 4 heterocycles. The second-order valence-electron chi connectivity index (χ2n) is 10.7. The quantitative estimate of drug-likeness (QED) is 0.456. The molecule has 0 bridgehead atoms. The van der Waals surface area contributed by atoms with E-state index in [4.69, 9.17) is 5.10 Å². The van der Waals surface area contributed by atoms with Crippen molar-refractivity contribution < 1.29 is 33.0 Å². The Hall–Kier alpha value is -4.35. The van der Waals surface area contributed by atoms with E-state index in [0.717, 1.165) is 48.3 Å². The van der Waals surface area contributed by atoms with Gasteiger partial charge < -0.3 is 20.0 Å².